The number of rotatable bonds is 8. The van der Waals surface area contributed by atoms with Gasteiger partial charge < -0.3 is 24.8 Å². The zero-order chi connectivity index (χ0) is 22.2. The van der Waals surface area contributed by atoms with Crippen molar-refractivity contribution in [3.05, 3.63) is 23.8 Å². The molecule has 0 radical (unpaired) electrons. The number of halogens is 3. The van der Waals surface area contributed by atoms with E-state index in [0.29, 0.717) is 23.5 Å². The Kier molecular flexibility index (Phi) is 8.59. The number of methoxy groups -OCH3 is 2. The number of ether oxygens (including phenoxy) is 3. The molecule has 1 atom stereocenters. The highest BCUT2D eigenvalue weighted by Gasteiger charge is 2.39. The molecular weight excluding hydrogens is 393 g/mol. The quantitative estimate of drug-likeness (QED) is 0.626. The van der Waals surface area contributed by atoms with E-state index in [1.807, 2.05) is 5.32 Å². The molecule has 7 nitrogen and oxygen atoms in total. The lowest BCUT2D eigenvalue weighted by molar-refractivity contribution is -0.174. The fraction of sp³-hybridized carbons (Fsp3) is 0.579. The smallest absolute Gasteiger partial charge is 0.471 e. The molecule has 0 bridgehead atoms. The van der Waals surface area contributed by atoms with Gasteiger partial charge in [-0.3, -0.25) is 4.79 Å². The van der Waals surface area contributed by atoms with E-state index in [4.69, 9.17) is 14.2 Å². The van der Waals surface area contributed by atoms with Gasteiger partial charge in [-0.2, -0.15) is 13.2 Å². The lowest BCUT2D eigenvalue weighted by atomic mass is 10.0. The zero-order valence-electron chi connectivity index (χ0n) is 17.1. The summed E-state index contributed by atoms with van der Waals surface area (Å²) in [5, 5.41) is 4.51. The number of carbonyl (C=O) groups excluding carboxylic acids is 2. The minimum atomic E-state index is -5.01. The number of carbonyl (C=O) groups is 2. The second-order valence-corrected chi connectivity index (χ2v) is 7.21. The Bertz CT molecular complexity index is 702. The van der Waals surface area contributed by atoms with Crippen molar-refractivity contribution in [1.82, 2.24) is 10.6 Å². The summed E-state index contributed by atoms with van der Waals surface area (Å²) in [6.45, 7) is 5.31. The molecule has 164 valence electrons. The van der Waals surface area contributed by atoms with E-state index >= 15 is 0 Å². The van der Waals surface area contributed by atoms with Crippen molar-refractivity contribution < 1.29 is 37.0 Å². The van der Waals surface area contributed by atoms with E-state index < -0.39 is 29.8 Å². The van der Waals surface area contributed by atoms with Gasteiger partial charge in [0.25, 0.3) is 0 Å². The molecule has 0 aromatic heterocycles. The molecule has 10 heteroatoms. The van der Waals surface area contributed by atoms with Crippen LogP contribution in [-0.4, -0.2) is 44.5 Å². The van der Waals surface area contributed by atoms with Crippen LogP contribution in [0.15, 0.2) is 18.2 Å². The Balaban J connectivity index is 2.85. The first-order chi connectivity index (χ1) is 13.4. The van der Waals surface area contributed by atoms with Crippen LogP contribution >= 0.6 is 0 Å². The van der Waals surface area contributed by atoms with Crippen molar-refractivity contribution in [2.75, 3.05) is 20.8 Å². The Hall–Kier alpha value is -2.65. The summed E-state index contributed by atoms with van der Waals surface area (Å²) in [5.41, 5.74) is -0.245. The molecule has 0 fully saturated rings. The first kappa shape index (κ1) is 24.4. The molecule has 2 N–H and O–H groups in total. The van der Waals surface area contributed by atoms with E-state index in [2.05, 4.69) is 5.32 Å². The molecule has 1 aromatic carbocycles. The van der Waals surface area contributed by atoms with Gasteiger partial charge in [0.15, 0.2) is 11.5 Å². The zero-order valence-corrected chi connectivity index (χ0v) is 17.1. The molecule has 1 rings (SSSR count). The van der Waals surface area contributed by atoms with Crippen molar-refractivity contribution in [3.63, 3.8) is 0 Å². The highest BCUT2D eigenvalue weighted by atomic mass is 19.4. The van der Waals surface area contributed by atoms with Crippen LogP contribution < -0.4 is 20.1 Å². The minimum Gasteiger partial charge on any atom is -0.493 e. The third-order valence-corrected chi connectivity index (χ3v) is 3.71. The van der Waals surface area contributed by atoms with E-state index in [0.717, 1.165) is 0 Å². The van der Waals surface area contributed by atoms with Crippen LogP contribution in [0.5, 0.6) is 11.5 Å². The maximum Gasteiger partial charge on any atom is 0.471 e. The molecule has 0 saturated carbocycles. The third-order valence-electron chi connectivity index (χ3n) is 3.71. The van der Waals surface area contributed by atoms with Crippen LogP contribution in [0.25, 0.3) is 0 Å². The molecule has 0 unspecified atom stereocenters. The van der Waals surface area contributed by atoms with Gasteiger partial charge in [-0.25, -0.2) is 4.79 Å². The normalized spacial score (nSPS) is 12.7. The monoisotopic (exact) mass is 420 g/mol. The highest BCUT2D eigenvalue weighted by Crippen LogP contribution is 2.32. The van der Waals surface area contributed by atoms with Crippen LogP contribution in [0.2, 0.25) is 0 Å². The number of amides is 2. The largest absolute Gasteiger partial charge is 0.493 e. The van der Waals surface area contributed by atoms with Gasteiger partial charge in [0.05, 0.1) is 20.3 Å². The first-order valence-corrected chi connectivity index (χ1v) is 8.94. The fourth-order valence-electron chi connectivity index (χ4n) is 2.44. The average molecular weight is 420 g/mol. The fourth-order valence-corrected chi connectivity index (χ4v) is 2.44. The number of benzene rings is 1. The van der Waals surface area contributed by atoms with E-state index in [1.54, 1.807) is 32.9 Å². The molecule has 0 heterocycles. The summed E-state index contributed by atoms with van der Waals surface area (Å²) < 4.78 is 53.5. The topological polar surface area (TPSA) is 85.9 Å². The number of hydrogen-bond acceptors (Lipinski definition) is 5. The minimum absolute atomic E-state index is 0.146. The van der Waals surface area contributed by atoms with Gasteiger partial charge in [-0.1, -0.05) is 6.07 Å². The first-order valence-electron chi connectivity index (χ1n) is 8.94. The van der Waals surface area contributed by atoms with Crippen molar-refractivity contribution in [3.8, 4) is 11.5 Å². The Labute approximate surface area is 167 Å². The number of hydrogen-bond donors (Lipinski definition) is 2. The van der Waals surface area contributed by atoms with Crippen molar-refractivity contribution in [2.45, 2.75) is 51.4 Å². The molecule has 0 aliphatic heterocycles. The number of nitrogens with one attached hydrogen (secondary N) is 2. The van der Waals surface area contributed by atoms with Crippen LogP contribution in [0.3, 0.4) is 0 Å². The van der Waals surface area contributed by atoms with Gasteiger partial charge in [0.1, 0.15) is 5.60 Å². The molecule has 1 aromatic rings. The summed E-state index contributed by atoms with van der Waals surface area (Å²) in [7, 11) is 2.83. The molecule has 29 heavy (non-hydrogen) atoms. The molecule has 0 aliphatic carbocycles. The lowest BCUT2D eigenvalue weighted by Gasteiger charge is -2.22. The number of alkyl carbamates (subject to hydrolysis) is 1. The van der Waals surface area contributed by atoms with E-state index in [9.17, 15) is 22.8 Å². The highest BCUT2D eigenvalue weighted by molar-refractivity contribution is 5.82. The summed E-state index contributed by atoms with van der Waals surface area (Å²) >= 11 is 0. The Morgan fingerprint density at radius 3 is 2.21 bits per heavy atom. The molecule has 2 amide bonds. The summed E-state index contributed by atoms with van der Waals surface area (Å²) in [4.78, 5) is 23.1. The standard InChI is InChI=1S/C19H27F3N2O5/c1-18(2,3)29-17(26)23-10-6-7-13(24-16(25)19(20,21)22)12-8-9-14(27-4)15(11-12)28-5/h8-9,11,13H,6-7,10H2,1-5H3,(H,23,26)(H,24,25)/t13-/m1/s1. The molecular formula is C19H27F3N2O5. The number of alkyl halides is 3. The summed E-state index contributed by atoms with van der Waals surface area (Å²) in [6, 6.07) is 3.65. The van der Waals surface area contributed by atoms with E-state index in [1.165, 1.54) is 20.3 Å². The maximum absolute atomic E-state index is 12.7. The Morgan fingerprint density at radius 2 is 1.69 bits per heavy atom. The molecule has 0 spiro atoms. The average Bonchev–Trinajstić information content (AvgIpc) is 2.61. The van der Waals surface area contributed by atoms with Crippen LogP contribution in [0.1, 0.15) is 45.2 Å². The van der Waals surface area contributed by atoms with Gasteiger partial charge in [-0.05, 0) is 51.3 Å². The Morgan fingerprint density at radius 1 is 1.07 bits per heavy atom. The van der Waals surface area contributed by atoms with Gasteiger partial charge >= 0.3 is 18.2 Å². The van der Waals surface area contributed by atoms with Crippen LogP contribution in [0.4, 0.5) is 18.0 Å². The SMILES string of the molecule is COc1ccc([C@@H](CCCNC(=O)OC(C)(C)C)NC(=O)C(F)(F)F)cc1OC. The van der Waals surface area contributed by atoms with Crippen molar-refractivity contribution >= 4 is 12.0 Å². The second kappa shape index (κ2) is 10.2. The summed E-state index contributed by atoms with van der Waals surface area (Å²) in [5.74, 6) is -1.32. The predicted molar refractivity (Wildman–Crippen MR) is 100.0 cm³/mol. The molecule has 0 saturated heterocycles. The second-order valence-electron chi connectivity index (χ2n) is 7.21. The van der Waals surface area contributed by atoms with Crippen molar-refractivity contribution in [2.24, 2.45) is 0 Å². The molecule has 0 aliphatic rings. The predicted octanol–water partition coefficient (Wildman–Crippen LogP) is 3.73. The maximum atomic E-state index is 12.7. The van der Waals surface area contributed by atoms with Gasteiger partial charge in [0, 0.05) is 6.54 Å². The lowest BCUT2D eigenvalue weighted by Crippen LogP contribution is -2.39. The van der Waals surface area contributed by atoms with Crippen LogP contribution in [0, 0.1) is 0 Å². The van der Waals surface area contributed by atoms with Gasteiger partial charge in [0.2, 0.25) is 0 Å². The van der Waals surface area contributed by atoms with Gasteiger partial charge in [-0.15, -0.1) is 0 Å². The van der Waals surface area contributed by atoms with E-state index in [-0.39, 0.29) is 13.0 Å². The summed E-state index contributed by atoms with van der Waals surface area (Å²) in [6.07, 6.45) is -5.19. The third kappa shape index (κ3) is 8.49. The van der Waals surface area contributed by atoms with Crippen LogP contribution in [-0.2, 0) is 9.53 Å². The van der Waals surface area contributed by atoms with Crippen molar-refractivity contribution in [1.29, 1.82) is 0 Å².